The van der Waals surface area contributed by atoms with Crippen LogP contribution in [0, 0.1) is 12.8 Å². The van der Waals surface area contributed by atoms with Crippen LogP contribution in [-0.2, 0) is 6.54 Å². The van der Waals surface area contributed by atoms with Crippen LogP contribution in [0.2, 0.25) is 5.15 Å². The van der Waals surface area contributed by atoms with Gasteiger partial charge in [0.05, 0.1) is 23.6 Å². The molecule has 6 heteroatoms. The van der Waals surface area contributed by atoms with Crippen LogP contribution < -0.4 is 4.90 Å². The topological polar surface area (TPSA) is 34.0 Å². The van der Waals surface area contributed by atoms with Gasteiger partial charge in [-0.05, 0) is 47.7 Å². The van der Waals surface area contributed by atoms with Crippen molar-refractivity contribution in [2.45, 2.75) is 46.2 Å². The molecule has 1 aliphatic heterocycles. The predicted molar refractivity (Wildman–Crippen MR) is 98.1 cm³/mol. The normalized spacial score (nSPS) is 18.2. The van der Waals surface area contributed by atoms with Gasteiger partial charge in [-0.25, -0.2) is 0 Å². The highest BCUT2D eigenvalue weighted by Crippen LogP contribution is 2.40. The van der Waals surface area contributed by atoms with E-state index in [0.29, 0.717) is 5.92 Å². The summed E-state index contributed by atoms with van der Waals surface area (Å²) < 4.78 is 2.95. The molecule has 1 aliphatic rings. The van der Waals surface area contributed by atoms with Crippen LogP contribution in [0.5, 0.6) is 0 Å². The monoisotopic (exact) mass is 396 g/mol. The van der Waals surface area contributed by atoms with E-state index in [1.54, 1.807) is 0 Å². The number of rotatable bonds is 4. The Morgan fingerprint density at radius 3 is 2.87 bits per heavy atom. The van der Waals surface area contributed by atoms with Gasteiger partial charge in [0.1, 0.15) is 5.15 Å². The lowest BCUT2D eigenvalue weighted by atomic mass is 10.1. The first-order chi connectivity index (χ1) is 11.0. The third-order valence-corrected chi connectivity index (χ3v) is 5.09. The molecule has 124 valence electrons. The Kier molecular flexibility index (Phi) is 4.97. The first-order valence-electron chi connectivity index (χ1n) is 8.07. The Balaban J connectivity index is 1.96. The van der Waals surface area contributed by atoms with Crippen LogP contribution in [-0.4, -0.2) is 21.3 Å². The molecule has 3 heterocycles. The van der Waals surface area contributed by atoms with Crippen molar-refractivity contribution in [1.82, 2.24) is 14.8 Å². The molecule has 0 bridgehead atoms. The minimum atomic E-state index is 0.277. The zero-order valence-corrected chi connectivity index (χ0v) is 16.1. The number of aromatic nitrogens is 3. The molecule has 1 unspecified atom stereocenters. The quantitative estimate of drug-likeness (QED) is 0.728. The summed E-state index contributed by atoms with van der Waals surface area (Å²) in [5.41, 5.74) is 3.34. The van der Waals surface area contributed by atoms with Gasteiger partial charge in [0.25, 0.3) is 0 Å². The minimum absolute atomic E-state index is 0.277. The third kappa shape index (κ3) is 3.41. The van der Waals surface area contributed by atoms with Crippen molar-refractivity contribution in [3.63, 3.8) is 0 Å². The second-order valence-corrected chi connectivity index (χ2v) is 7.85. The molecule has 1 saturated heterocycles. The molecule has 0 amide bonds. The molecule has 0 N–H and O–H groups in total. The highest BCUT2D eigenvalue weighted by molar-refractivity contribution is 9.10. The molecule has 0 aliphatic carbocycles. The lowest BCUT2D eigenvalue weighted by Gasteiger charge is -2.27. The van der Waals surface area contributed by atoms with Gasteiger partial charge in [-0.1, -0.05) is 25.4 Å². The van der Waals surface area contributed by atoms with Crippen molar-refractivity contribution in [1.29, 1.82) is 0 Å². The van der Waals surface area contributed by atoms with Crippen LogP contribution in [0.3, 0.4) is 0 Å². The highest BCUT2D eigenvalue weighted by Gasteiger charge is 2.32. The molecule has 23 heavy (non-hydrogen) atoms. The fraction of sp³-hybridized carbons (Fsp3) is 0.529. The molecule has 0 radical (unpaired) electrons. The van der Waals surface area contributed by atoms with Gasteiger partial charge < -0.3 is 4.90 Å². The van der Waals surface area contributed by atoms with Gasteiger partial charge >= 0.3 is 0 Å². The maximum atomic E-state index is 6.69. The molecule has 0 aromatic carbocycles. The summed E-state index contributed by atoms with van der Waals surface area (Å²) in [7, 11) is 0. The maximum Gasteiger partial charge on any atom is 0.132 e. The van der Waals surface area contributed by atoms with E-state index >= 15 is 0 Å². The van der Waals surface area contributed by atoms with Gasteiger partial charge in [-0.15, -0.1) is 0 Å². The molecule has 3 rings (SSSR count). The molecule has 4 nitrogen and oxygen atoms in total. The van der Waals surface area contributed by atoms with Crippen molar-refractivity contribution >= 4 is 33.2 Å². The number of hydrogen-bond acceptors (Lipinski definition) is 3. The lowest BCUT2D eigenvalue weighted by molar-refractivity contribution is 0.481. The average molecular weight is 398 g/mol. The Morgan fingerprint density at radius 1 is 1.39 bits per heavy atom. The van der Waals surface area contributed by atoms with Crippen LogP contribution >= 0.6 is 27.5 Å². The highest BCUT2D eigenvalue weighted by atomic mass is 79.9. The van der Waals surface area contributed by atoms with E-state index in [4.69, 9.17) is 11.6 Å². The third-order valence-electron chi connectivity index (χ3n) is 4.26. The van der Waals surface area contributed by atoms with E-state index in [9.17, 15) is 0 Å². The smallest absolute Gasteiger partial charge is 0.132 e. The van der Waals surface area contributed by atoms with Crippen molar-refractivity contribution in [3.05, 3.63) is 39.3 Å². The van der Waals surface area contributed by atoms with Crippen molar-refractivity contribution in [2.75, 3.05) is 11.4 Å². The first-order valence-corrected chi connectivity index (χ1v) is 9.24. The van der Waals surface area contributed by atoms with Crippen LogP contribution in [0.1, 0.15) is 44.0 Å². The molecule has 0 spiro atoms. The molecular formula is C17H22BrClN4. The Morgan fingerprint density at radius 2 is 2.17 bits per heavy atom. The summed E-state index contributed by atoms with van der Waals surface area (Å²) in [6.45, 7) is 8.30. The summed E-state index contributed by atoms with van der Waals surface area (Å²) in [5, 5.41) is 5.46. The summed E-state index contributed by atoms with van der Waals surface area (Å²) in [6.07, 6.45) is 5.99. The number of halogens is 2. The molecular weight excluding hydrogens is 376 g/mol. The second-order valence-electron chi connectivity index (χ2n) is 6.58. The summed E-state index contributed by atoms with van der Waals surface area (Å²) in [4.78, 5) is 6.70. The zero-order chi connectivity index (χ0) is 16.6. The largest absolute Gasteiger partial charge is 0.363 e. The molecule has 1 fully saturated rings. The first kappa shape index (κ1) is 16.8. The van der Waals surface area contributed by atoms with Gasteiger partial charge in [0.15, 0.2) is 0 Å². The number of pyridine rings is 1. The number of nitrogens with zero attached hydrogens (tertiary/aromatic N) is 4. The van der Waals surface area contributed by atoms with E-state index in [0.717, 1.165) is 46.9 Å². The van der Waals surface area contributed by atoms with Gasteiger partial charge in [0.2, 0.25) is 0 Å². The summed E-state index contributed by atoms with van der Waals surface area (Å²) in [5.74, 6) is 0.522. The zero-order valence-electron chi connectivity index (χ0n) is 13.8. The average Bonchev–Trinajstić information content (AvgIpc) is 3.04. The van der Waals surface area contributed by atoms with Crippen LogP contribution in [0.25, 0.3) is 0 Å². The summed E-state index contributed by atoms with van der Waals surface area (Å²) >= 11 is 10.2. The van der Waals surface area contributed by atoms with E-state index in [-0.39, 0.29) is 6.04 Å². The Labute approximate surface area is 151 Å². The predicted octanol–water partition coefficient (Wildman–Crippen LogP) is 5.00. The van der Waals surface area contributed by atoms with Gasteiger partial charge in [-0.2, -0.15) is 5.10 Å². The van der Waals surface area contributed by atoms with Crippen molar-refractivity contribution < 1.29 is 0 Å². The van der Waals surface area contributed by atoms with E-state index in [1.165, 1.54) is 5.56 Å². The van der Waals surface area contributed by atoms with Crippen LogP contribution in [0.4, 0.5) is 5.69 Å². The molecule has 0 saturated carbocycles. The standard InChI is InChI=1S/C17H22BrClN4/c1-11(2)10-23-17(19)16(12(3)21-23)15-5-4-6-22(15)14-7-13(18)8-20-9-14/h7-9,11,15H,4-6,10H2,1-3H3. The second kappa shape index (κ2) is 6.81. The van der Waals surface area contributed by atoms with E-state index in [2.05, 4.69) is 57.8 Å². The molecule has 2 aromatic rings. The minimum Gasteiger partial charge on any atom is -0.363 e. The van der Waals surface area contributed by atoms with E-state index < -0.39 is 0 Å². The Hall–Kier alpha value is -1.07. The van der Waals surface area contributed by atoms with Crippen molar-refractivity contribution in [2.24, 2.45) is 5.92 Å². The fourth-order valence-corrected chi connectivity index (χ4v) is 4.07. The number of anilines is 1. The number of hydrogen-bond donors (Lipinski definition) is 0. The molecule has 1 atom stereocenters. The Bertz CT molecular complexity index is 698. The van der Waals surface area contributed by atoms with Crippen LogP contribution in [0.15, 0.2) is 22.9 Å². The van der Waals surface area contributed by atoms with Gasteiger partial charge in [-0.3, -0.25) is 9.67 Å². The SMILES string of the molecule is Cc1nn(CC(C)C)c(Cl)c1C1CCCN1c1cncc(Br)c1. The fourth-order valence-electron chi connectivity index (χ4n) is 3.35. The van der Waals surface area contributed by atoms with Gasteiger partial charge in [0, 0.05) is 29.3 Å². The van der Waals surface area contributed by atoms with Crippen molar-refractivity contribution in [3.8, 4) is 0 Å². The lowest BCUT2D eigenvalue weighted by Crippen LogP contribution is -2.23. The molecule has 2 aromatic heterocycles. The van der Waals surface area contributed by atoms with E-state index in [1.807, 2.05) is 17.1 Å². The maximum absolute atomic E-state index is 6.69. The number of aryl methyl sites for hydroxylation is 1. The summed E-state index contributed by atoms with van der Waals surface area (Å²) in [6, 6.07) is 2.40.